The minimum atomic E-state index is 0.0161. The Balaban J connectivity index is 2.05. The lowest BCUT2D eigenvalue weighted by molar-refractivity contribution is 0.0609. The number of nitrogens with zero attached hydrogens (tertiary/aromatic N) is 1. The van der Waals surface area contributed by atoms with Crippen LogP contribution in [0.2, 0.25) is 5.02 Å². The maximum absolute atomic E-state index is 12.5. The molecule has 0 unspecified atom stereocenters. The largest absolute Gasteiger partial charge is 0.399 e. The molecule has 1 amide bonds. The van der Waals surface area contributed by atoms with Crippen LogP contribution in [0.5, 0.6) is 0 Å². The van der Waals surface area contributed by atoms with E-state index in [1.807, 2.05) is 4.90 Å². The zero-order valence-corrected chi connectivity index (χ0v) is 13.2. The fraction of sp³-hybridized carbons (Fsp3) is 0.562. The summed E-state index contributed by atoms with van der Waals surface area (Å²) < 4.78 is 0. The van der Waals surface area contributed by atoms with E-state index in [9.17, 15) is 4.79 Å². The van der Waals surface area contributed by atoms with Gasteiger partial charge in [-0.1, -0.05) is 32.4 Å². The number of anilines is 1. The maximum atomic E-state index is 12.5. The number of halogens is 1. The van der Waals surface area contributed by atoms with Crippen LogP contribution in [0.1, 0.15) is 44.0 Å². The molecule has 1 fully saturated rings. The molecule has 2 rings (SSSR count). The molecule has 20 heavy (non-hydrogen) atoms. The van der Waals surface area contributed by atoms with E-state index in [2.05, 4.69) is 20.8 Å². The Morgan fingerprint density at radius 2 is 1.90 bits per heavy atom. The second-order valence-corrected chi connectivity index (χ2v) is 7.08. The molecule has 3 nitrogen and oxygen atoms in total. The first kappa shape index (κ1) is 15.2. The highest BCUT2D eigenvalue weighted by atomic mass is 35.5. The number of piperidine rings is 1. The van der Waals surface area contributed by atoms with E-state index in [-0.39, 0.29) is 5.91 Å². The van der Waals surface area contributed by atoms with Gasteiger partial charge < -0.3 is 10.6 Å². The predicted octanol–water partition coefficient (Wildman–Crippen LogP) is 3.82. The van der Waals surface area contributed by atoms with Crippen LogP contribution >= 0.6 is 11.6 Å². The first-order valence-electron chi connectivity index (χ1n) is 7.13. The molecule has 1 saturated heterocycles. The average molecular weight is 295 g/mol. The zero-order valence-electron chi connectivity index (χ0n) is 12.4. The summed E-state index contributed by atoms with van der Waals surface area (Å²) in [5, 5.41) is 0.438. The Labute approximate surface area is 126 Å². The highest BCUT2D eigenvalue weighted by Gasteiger charge is 2.31. The van der Waals surface area contributed by atoms with E-state index < -0.39 is 0 Å². The zero-order chi connectivity index (χ0) is 14.9. The lowest BCUT2D eigenvalue weighted by Gasteiger charge is -2.38. The summed E-state index contributed by atoms with van der Waals surface area (Å²) >= 11 is 6.12. The molecule has 1 aliphatic rings. The van der Waals surface area contributed by atoms with Gasteiger partial charge in [0, 0.05) is 18.8 Å². The van der Waals surface area contributed by atoms with Crippen molar-refractivity contribution in [2.75, 3.05) is 18.8 Å². The number of amides is 1. The number of carbonyl (C=O) groups excluding carboxylic acids is 1. The van der Waals surface area contributed by atoms with E-state index in [1.165, 1.54) is 0 Å². The van der Waals surface area contributed by atoms with Crippen molar-refractivity contribution >= 4 is 23.2 Å². The third-order valence-electron chi connectivity index (χ3n) is 4.23. The predicted molar refractivity (Wildman–Crippen MR) is 83.9 cm³/mol. The smallest absolute Gasteiger partial charge is 0.255 e. The molecule has 0 spiro atoms. The van der Waals surface area contributed by atoms with Crippen molar-refractivity contribution in [1.29, 1.82) is 0 Å². The summed E-state index contributed by atoms with van der Waals surface area (Å²) in [5.41, 5.74) is 7.11. The van der Waals surface area contributed by atoms with E-state index in [4.69, 9.17) is 17.3 Å². The molecule has 1 aromatic rings. The number of likely N-dealkylation sites (tertiary alicyclic amines) is 1. The fourth-order valence-electron chi connectivity index (χ4n) is 2.82. The van der Waals surface area contributed by atoms with Crippen molar-refractivity contribution in [3.05, 3.63) is 28.8 Å². The van der Waals surface area contributed by atoms with Gasteiger partial charge in [0.2, 0.25) is 0 Å². The lowest BCUT2D eigenvalue weighted by Crippen LogP contribution is -2.41. The molecule has 1 aromatic carbocycles. The Hall–Kier alpha value is -1.22. The van der Waals surface area contributed by atoms with Gasteiger partial charge in [-0.2, -0.15) is 0 Å². The van der Waals surface area contributed by atoms with Crippen molar-refractivity contribution in [3.8, 4) is 0 Å². The van der Waals surface area contributed by atoms with Gasteiger partial charge in [0.15, 0.2) is 0 Å². The molecule has 2 N–H and O–H groups in total. The van der Waals surface area contributed by atoms with Gasteiger partial charge in [-0.15, -0.1) is 0 Å². The summed E-state index contributed by atoms with van der Waals surface area (Å²) in [5.74, 6) is 0.691. The number of rotatable bonds is 1. The lowest BCUT2D eigenvalue weighted by atomic mass is 9.75. The van der Waals surface area contributed by atoms with Crippen molar-refractivity contribution < 1.29 is 4.79 Å². The second kappa shape index (κ2) is 5.65. The maximum Gasteiger partial charge on any atom is 0.255 e. The summed E-state index contributed by atoms with van der Waals surface area (Å²) in [7, 11) is 0. The SMILES string of the molecule is CC(C)(C)C1CCN(C(=O)c2ccc(N)cc2Cl)CC1. The van der Waals surface area contributed by atoms with Crippen LogP contribution in [0.3, 0.4) is 0 Å². The van der Waals surface area contributed by atoms with Gasteiger partial charge in [0.25, 0.3) is 5.91 Å². The van der Waals surface area contributed by atoms with Crippen LogP contribution in [0.25, 0.3) is 0 Å². The molecule has 1 aliphatic heterocycles. The van der Waals surface area contributed by atoms with Gasteiger partial charge in [0.05, 0.1) is 10.6 Å². The normalized spacial score (nSPS) is 17.3. The van der Waals surface area contributed by atoms with Crippen molar-refractivity contribution in [3.63, 3.8) is 0 Å². The quantitative estimate of drug-likeness (QED) is 0.800. The van der Waals surface area contributed by atoms with Gasteiger partial charge >= 0.3 is 0 Å². The topological polar surface area (TPSA) is 46.3 Å². The molecule has 0 radical (unpaired) electrons. The van der Waals surface area contributed by atoms with Crippen molar-refractivity contribution in [1.82, 2.24) is 4.90 Å². The summed E-state index contributed by atoms with van der Waals surface area (Å²) in [6.45, 7) is 8.42. The number of benzene rings is 1. The standard InChI is InChI=1S/C16H23ClN2O/c1-16(2,3)11-6-8-19(9-7-11)15(20)13-5-4-12(18)10-14(13)17/h4-5,10-11H,6-9,18H2,1-3H3. The van der Waals surface area contributed by atoms with E-state index in [0.29, 0.717) is 27.6 Å². The summed E-state index contributed by atoms with van der Waals surface area (Å²) in [6.07, 6.45) is 2.11. The highest BCUT2D eigenvalue weighted by molar-refractivity contribution is 6.34. The van der Waals surface area contributed by atoms with Gasteiger partial charge in [-0.3, -0.25) is 4.79 Å². The number of hydrogen-bond donors (Lipinski definition) is 1. The Bertz CT molecular complexity index is 500. The number of carbonyl (C=O) groups is 1. The molecule has 0 aromatic heterocycles. The average Bonchev–Trinajstić information content (AvgIpc) is 2.37. The number of hydrogen-bond acceptors (Lipinski definition) is 2. The minimum absolute atomic E-state index is 0.0161. The van der Waals surface area contributed by atoms with Gasteiger partial charge in [0.1, 0.15) is 0 Å². The van der Waals surface area contributed by atoms with Gasteiger partial charge in [-0.25, -0.2) is 0 Å². The third kappa shape index (κ3) is 3.26. The van der Waals surface area contributed by atoms with Crippen molar-refractivity contribution in [2.24, 2.45) is 11.3 Å². The van der Waals surface area contributed by atoms with Gasteiger partial charge in [-0.05, 0) is 42.4 Å². The van der Waals surface area contributed by atoms with E-state index >= 15 is 0 Å². The molecular weight excluding hydrogens is 272 g/mol. The van der Waals surface area contributed by atoms with E-state index in [1.54, 1.807) is 18.2 Å². The summed E-state index contributed by atoms with van der Waals surface area (Å²) in [6, 6.07) is 5.08. The molecule has 0 saturated carbocycles. The Morgan fingerprint density at radius 3 is 2.40 bits per heavy atom. The molecule has 0 aliphatic carbocycles. The van der Waals surface area contributed by atoms with Crippen LogP contribution in [0.4, 0.5) is 5.69 Å². The molecule has 1 heterocycles. The van der Waals surface area contributed by atoms with Crippen LogP contribution in [-0.4, -0.2) is 23.9 Å². The summed E-state index contributed by atoms with van der Waals surface area (Å²) in [4.78, 5) is 14.4. The van der Waals surface area contributed by atoms with Crippen LogP contribution in [0, 0.1) is 11.3 Å². The number of nitrogen functional groups attached to an aromatic ring is 1. The molecule has 0 atom stereocenters. The Morgan fingerprint density at radius 1 is 1.30 bits per heavy atom. The first-order chi connectivity index (χ1) is 9.29. The molecular formula is C16H23ClN2O. The second-order valence-electron chi connectivity index (χ2n) is 6.67. The van der Waals surface area contributed by atoms with Crippen LogP contribution in [-0.2, 0) is 0 Å². The Kier molecular flexibility index (Phi) is 4.28. The first-order valence-corrected chi connectivity index (χ1v) is 7.51. The molecule has 0 bridgehead atoms. The fourth-order valence-corrected chi connectivity index (χ4v) is 3.09. The van der Waals surface area contributed by atoms with Crippen LogP contribution in [0.15, 0.2) is 18.2 Å². The van der Waals surface area contributed by atoms with E-state index in [0.717, 1.165) is 25.9 Å². The minimum Gasteiger partial charge on any atom is -0.399 e. The molecule has 4 heteroatoms. The number of nitrogens with two attached hydrogens (primary N) is 1. The van der Waals surface area contributed by atoms with Crippen molar-refractivity contribution in [2.45, 2.75) is 33.6 Å². The highest BCUT2D eigenvalue weighted by Crippen LogP contribution is 2.34. The monoisotopic (exact) mass is 294 g/mol. The van der Waals surface area contributed by atoms with Crippen LogP contribution < -0.4 is 5.73 Å². The molecule has 110 valence electrons. The third-order valence-corrected chi connectivity index (χ3v) is 4.54.